The van der Waals surface area contributed by atoms with Gasteiger partial charge in [-0.25, -0.2) is 4.98 Å². The summed E-state index contributed by atoms with van der Waals surface area (Å²) in [5, 5.41) is 3.36. The van der Waals surface area contributed by atoms with Crippen LogP contribution in [0.2, 0.25) is 0 Å². The maximum absolute atomic E-state index is 11.8. The van der Waals surface area contributed by atoms with Gasteiger partial charge in [-0.2, -0.15) is 0 Å². The third-order valence-electron chi connectivity index (χ3n) is 3.59. The predicted molar refractivity (Wildman–Crippen MR) is 74.9 cm³/mol. The van der Waals surface area contributed by atoms with Crippen LogP contribution in [0.4, 0.5) is 0 Å². The molecule has 0 saturated heterocycles. The third-order valence-corrected chi connectivity index (χ3v) is 3.59. The zero-order valence-corrected chi connectivity index (χ0v) is 12.2. The Bertz CT molecular complexity index is 451. The maximum atomic E-state index is 11.8. The maximum Gasteiger partial charge on any atom is 0.223 e. The topological polar surface area (TPSA) is 50.2 Å². The summed E-state index contributed by atoms with van der Waals surface area (Å²) in [5.74, 6) is 1.32. The van der Waals surface area contributed by atoms with Crippen LogP contribution < -0.4 is 5.32 Å². The lowest BCUT2D eigenvalue weighted by atomic mass is 10.2. The van der Waals surface area contributed by atoms with Crippen molar-refractivity contribution in [2.75, 3.05) is 20.6 Å². The Kier molecular flexibility index (Phi) is 4.58. The van der Waals surface area contributed by atoms with Crippen LogP contribution in [-0.2, 0) is 30.7 Å². The average Bonchev–Trinajstić information content (AvgIpc) is 2.74. The van der Waals surface area contributed by atoms with E-state index in [-0.39, 0.29) is 5.91 Å². The second kappa shape index (κ2) is 6.19. The fourth-order valence-corrected chi connectivity index (χ4v) is 2.54. The van der Waals surface area contributed by atoms with E-state index in [0.29, 0.717) is 6.42 Å². The molecule has 0 radical (unpaired) electrons. The number of carbonyl (C=O) groups is 1. The minimum absolute atomic E-state index is 0.179. The van der Waals surface area contributed by atoms with E-state index in [4.69, 9.17) is 4.98 Å². The molecule has 2 rings (SSSR count). The number of nitrogens with zero attached hydrogens (tertiary/aromatic N) is 3. The molecule has 0 bridgehead atoms. The molecule has 5 nitrogen and oxygen atoms in total. The van der Waals surface area contributed by atoms with E-state index in [1.54, 1.807) is 4.90 Å². The summed E-state index contributed by atoms with van der Waals surface area (Å²) in [6.45, 7) is 4.79. The van der Waals surface area contributed by atoms with Crippen LogP contribution in [0, 0.1) is 0 Å². The van der Waals surface area contributed by atoms with Crippen LogP contribution in [0.15, 0.2) is 0 Å². The summed E-state index contributed by atoms with van der Waals surface area (Å²) < 4.78 is 2.28. The third kappa shape index (κ3) is 3.15. The van der Waals surface area contributed by atoms with Crippen molar-refractivity contribution in [1.82, 2.24) is 19.8 Å². The first-order valence-electron chi connectivity index (χ1n) is 7.11. The molecule has 1 aliphatic rings. The molecule has 19 heavy (non-hydrogen) atoms. The van der Waals surface area contributed by atoms with Crippen molar-refractivity contribution in [3.8, 4) is 0 Å². The lowest BCUT2D eigenvalue weighted by molar-refractivity contribution is -0.128. The summed E-state index contributed by atoms with van der Waals surface area (Å²) in [4.78, 5) is 18.2. The molecule has 0 aromatic carbocycles. The molecule has 1 N–H and O–H groups in total. The first-order valence-corrected chi connectivity index (χ1v) is 7.11. The number of aromatic nitrogens is 2. The second-order valence-electron chi connectivity index (χ2n) is 5.29. The van der Waals surface area contributed by atoms with Gasteiger partial charge < -0.3 is 14.8 Å². The number of aryl methyl sites for hydroxylation is 1. The Hall–Kier alpha value is -1.36. The number of hydrogen-bond acceptors (Lipinski definition) is 3. The number of carbonyl (C=O) groups excluding carboxylic acids is 1. The Morgan fingerprint density at radius 3 is 2.95 bits per heavy atom. The molecule has 0 saturated carbocycles. The molecule has 0 spiro atoms. The molecule has 1 amide bonds. The second-order valence-corrected chi connectivity index (χ2v) is 5.29. The largest absolute Gasteiger partial charge is 0.349 e. The van der Waals surface area contributed by atoms with Gasteiger partial charge in [0, 0.05) is 58.7 Å². The van der Waals surface area contributed by atoms with Crippen LogP contribution >= 0.6 is 0 Å². The van der Waals surface area contributed by atoms with Crippen LogP contribution in [-0.4, -0.2) is 41.0 Å². The molecular formula is C14H24N4O. The van der Waals surface area contributed by atoms with Crippen molar-refractivity contribution in [3.63, 3.8) is 0 Å². The smallest absolute Gasteiger partial charge is 0.223 e. The van der Waals surface area contributed by atoms with Crippen molar-refractivity contribution >= 4 is 5.91 Å². The molecule has 0 aliphatic carbocycles. The van der Waals surface area contributed by atoms with Gasteiger partial charge in [0.15, 0.2) is 0 Å². The molecule has 1 aromatic heterocycles. The lowest BCUT2D eigenvalue weighted by Crippen LogP contribution is -2.26. The molecule has 1 aliphatic heterocycles. The average molecular weight is 264 g/mol. The minimum Gasteiger partial charge on any atom is -0.349 e. The fourth-order valence-electron chi connectivity index (χ4n) is 2.54. The van der Waals surface area contributed by atoms with E-state index in [0.717, 1.165) is 44.7 Å². The van der Waals surface area contributed by atoms with Crippen LogP contribution in [0.25, 0.3) is 0 Å². The van der Waals surface area contributed by atoms with Gasteiger partial charge in [0.25, 0.3) is 0 Å². The Morgan fingerprint density at radius 2 is 2.26 bits per heavy atom. The molecule has 0 unspecified atom stereocenters. The molecule has 106 valence electrons. The highest BCUT2D eigenvalue weighted by atomic mass is 16.2. The lowest BCUT2D eigenvalue weighted by Gasteiger charge is -2.17. The van der Waals surface area contributed by atoms with Crippen molar-refractivity contribution < 1.29 is 4.79 Å². The number of hydrogen-bond donors (Lipinski definition) is 1. The van der Waals surface area contributed by atoms with Crippen molar-refractivity contribution in [1.29, 1.82) is 0 Å². The summed E-state index contributed by atoms with van der Waals surface area (Å²) in [6, 6.07) is 0. The van der Waals surface area contributed by atoms with Gasteiger partial charge in [0.1, 0.15) is 5.82 Å². The van der Waals surface area contributed by atoms with Crippen LogP contribution in [0.5, 0.6) is 0 Å². The molecule has 1 aromatic rings. The number of fused-ring (bicyclic) bond motifs is 1. The van der Waals surface area contributed by atoms with E-state index >= 15 is 0 Å². The van der Waals surface area contributed by atoms with E-state index < -0.39 is 0 Å². The van der Waals surface area contributed by atoms with Crippen LogP contribution in [0.1, 0.15) is 37.0 Å². The molecule has 0 atom stereocenters. The van der Waals surface area contributed by atoms with Crippen molar-refractivity contribution in [3.05, 3.63) is 17.2 Å². The summed E-state index contributed by atoms with van der Waals surface area (Å²) in [5.41, 5.74) is 2.50. The van der Waals surface area contributed by atoms with Gasteiger partial charge >= 0.3 is 0 Å². The highest BCUT2D eigenvalue weighted by molar-refractivity contribution is 5.75. The summed E-state index contributed by atoms with van der Waals surface area (Å²) in [7, 11) is 3.62. The van der Waals surface area contributed by atoms with E-state index in [1.807, 2.05) is 14.1 Å². The number of nitrogens with one attached hydrogen (secondary N) is 1. The quantitative estimate of drug-likeness (QED) is 0.862. The van der Waals surface area contributed by atoms with E-state index in [1.165, 1.54) is 11.4 Å². The summed E-state index contributed by atoms with van der Waals surface area (Å²) in [6.07, 6.45) is 3.65. The van der Waals surface area contributed by atoms with Crippen LogP contribution in [0.3, 0.4) is 0 Å². The number of imidazole rings is 1. The SMILES string of the molecule is CCCc1nc2c(n1CCC(=O)N(C)C)CCNC2. The monoisotopic (exact) mass is 264 g/mol. The van der Waals surface area contributed by atoms with Crippen molar-refractivity contribution in [2.45, 2.75) is 45.7 Å². The molecule has 0 fully saturated rings. The standard InChI is InChI=1S/C14H24N4O/c1-4-5-13-16-11-10-15-8-6-12(11)18(13)9-7-14(19)17(2)3/h15H,4-10H2,1-3H3. The van der Waals surface area contributed by atoms with Crippen molar-refractivity contribution in [2.24, 2.45) is 0 Å². The zero-order chi connectivity index (χ0) is 13.8. The van der Waals surface area contributed by atoms with Gasteiger partial charge in [-0.1, -0.05) is 6.92 Å². The van der Waals surface area contributed by atoms with Gasteiger partial charge in [0.05, 0.1) is 5.69 Å². The normalized spacial score (nSPS) is 14.3. The first-order chi connectivity index (χ1) is 9.13. The fraction of sp³-hybridized carbons (Fsp3) is 0.714. The highest BCUT2D eigenvalue weighted by Gasteiger charge is 2.19. The zero-order valence-electron chi connectivity index (χ0n) is 12.2. The molecule has 5 heteroatoms. The highest BCUT2D eigenvalue weighted by Crippen LogP contribution is 2.18. The summed E-state index contributed by atoms with van der Waals surface area (Å²) >= 11 is 0. The Labute approximate surface area is 115 Å². The Balaban J connectivity index is 2.16. The number of rotatable bonds is 5. The van der Waals surface area contributed by atoms with E-state index in [9.17, 15) is 4.79 Å². The predicted octanol–water partition coefficient (Wildman–Crippen LogP) is 0.960. The molecule has 2 heterocycles. The van der Waals surface area contributed by atoms with Gasteiger partial charge in [-0.15, -0.1) is 0 Å². The number of amides is 1. The van der Waals surface area contributed by atoms with Gasteiger partial charge in [0.2, 0.25) is 5.91 Å². The first kappa shape index (κ1) is 14.1. The Morgan fingerprint density at radius 1 is 1.47 bits per heavy atom. The van der Waals surface area contributed by atoms with Gasteiger partial charge in [-0.05, 0) is 6.42 Å². The van der Waals surface area contributed by atoms with Gasteiger partial charge in [-0.3, -0.25) is 4.79 Å². The minimum atomic E-state index is 0.179. The molecular weight excluding hydrogens is 240 g/mol. The van der Waals surface area contributed by atoms with E-state index in [2.05, 4.69) is 16.8 Å².